The summed E-state index contributed by atoms with van der Waals surface area (Å²) in [7, 11) is 5.62. The van der Waals surface area contributed by atoms with Crippen LogP contribution in [0.25, 0.3) is 0 Å². The number of hydrogen-bond donors (Lipinski definition) is 0. The highest BCUT2D eigenvalue weighted by atomic mass is 16.5. The molecular weight excluding hydrogens is 252 g/mol. The molecule has 1 aromatic heterocycles. The van der Waals surface area contributed by atoms with E-state index in [1.54, 1.807) is 19.2 Å². The van der Waals surface area contributed by atoms with E-state index < -0.39 is 0 Å². The molecule has 106 valence electrons. The topological polar surface area (TPSA) is 34.5 Å². The molecule has 20 heavy (non-hydrogen) atoms. The maximum absolute atomic E-state index is 12.6. The van der Waals surface area contributed by atoms with Crippen molar-refractivity contribution in [2.75, 3.05) is 27.7 Å². The highest BCUT2D eigenvalue weighted by molar-refractivity contribution is 6.09. The summed E-state index contributed by atoms with van der Waals surface area (Å²) in [5, 5.41) is 0. The molecule has 0 atom stereocenters. The van der Waals surface area contributed by atoms with Gasteiger partial charge >= 0.3 is 0 Å². The number of carbonyl (C=O) groups excluding carboxylic acids is 1. The van der Waals surface area contributed by atoms with Crippen LogP contribution < -0.4 is 4.74 Å². The summed E-state index contributed by atoms with van der Waals surface area (Å²) in [6.07, 6.45) is 1.94. The number of methoxy groups -OCH3 is 1. The van der Waals surface area contributed by atoms with E-state index in [1.807, 2.05) is 49.1 Å². The minimum Gasteiger partial charge on any atom is -0.496 e. The van der Waals surface area contributed by atoms with E-state index >= 15 is 0 Å². The smallest absolute Gasteiger partial charge is 0.213 e. The van der Waals surface area contributed by atoms with Gasteiger partial charge in [-0.2, -0.15) is 0 Å². The lowest BCUT2D eigenvalue weighted by atomic mass is 10.1. The van der Waals surface area contributed by atoms with Crippen LogP contribution in [0.5, 0.6) is 5.75 Å². The van der Waals surface area contributed by atoms with Crippen molar-refractivity contribution in [3.8, 4) is 5.75 Å². The van der Waals surface area contributed by atoms with Gasteiger partial charge in [-0.15, -0.1) is 0 Å². The largest absolute Gasteiger partial charge is 0.496 e. The summed E-state index contributed by atoms with van der Waals surface area (Å²) < 4.78 is 7.25. The van der Waals surface area contributed by atoms with E-state index in [0.717, 1.165) is 13.1 Å². The monoisotopic (exact) mass is 272 g/mol. The van der Waals surface area contributed by atoms with Gasteiger partial charge in [0.25, 0.3) is 0 Å². The van der Waals surface area contributed by atoms with E-state index in [0.29, 0.717) is 17.0 Å². The quantitative estimate of drug-likeness (QED) is 0.757. The number of hydrogen-bond acceptors (Lipinski definition) is 3. The number of para-hydroxylation sites is 1. The lowest BCUT2D eigenvalue weighted by Gasteiger charge is -2.13. The van der Waals surface area contributed by atoms with Crippen LogP contribution in [0.1, 0.15) is 16.1 Å². The van der Waals surface area contributed by atoms with E-state index in [2.05, 4.69) is 4.90 Å². The lowest BCUT2D eigenvalue weighted by molar-refractivity contribution is 0.102. The van der Waals surface area contributed by atoms with E-state index in [9.17, 15) is 4.79 Å². The molecule has 0 unspecified atom stereocenters. The third-order valence-electron chi connectivity index (χ3n) is 3.20. The number of rotatable bonds is 6. The predicted molar refractivity (Wildman–Crippen MR) is 79.4 cm³/mol. The SMILES string of the molecule is COc1ccccc1C(=O)c1cccn1CCN(C)C. The molecule has 4 nitrogen and oxygen atoms in total. The Morgan fingerprint density at radius 1 is 1.20 bits per heavy atom. The molecule has 2 rings (SSSR count). The van der Waals surface area contributed by atoms with Gasteiger partial charge in [0.05, 0.1) is 18.4 Å². The van der Waals surface area contributed by atoms with E-state index in [4.69, 9.17) is 4.74 Å². The minimum atomic E-state index is -0.00814. The number of carbonyl (C=O) groups is 1. The number of nitrogens with zero attached hydrogens (tertiary/aromatic N) is 2. The molecule has 1 heterocycles. The highest BCUT2D eigenvalue weighted by Crippen LogP contribution is 2.21. The van der Waals surface area contributed by atoms with Crippen LogP contribution in [0.15, 0.2) is 42.6 Å². The van der Waals surface area contributed by atoms with Crippen molar-refractivity contribution >= 4 is 5.78 Å². The van der Waals surface area contributed by atoms with Gasteiger partial charge in [-0.25, -0.2) is 0 Å². The third kappa shape index (κ3) is 3.08. The fourth-order valence-electron chi connectivity index (χ4n) is 2.09. The Kier molecular flexibility index (Phi) is 4.58. The summed E-state index contributed by atoms with van der Waals surface area (Å²) in [6, 6.07) is 11.1. The molecule has 0 saturated carbocycles. The van der Waals surface area contributed by atoms with E-state index in [-0.39, 0.29) is 5.78 Å². The van der Waals surface area contributed by atoms with Gasteiger partial charge in [0.15, 0.2) is 0 Å². The summed E-state index contributed by atoms with van der Waals surface area (Å²) >= 11 is 0. The molecule has 1 aromatic carbocycles. The molecule has 0 N–H and O–H groups in total. The number of ketones is 1. The molecule has 0 saturated heterocycles. The molecule has 0 bridgehead atoms. The first-order valence-electron chi connectivity index (χ1n) is 6.61. The first-order valence-corrected chi connectivity index (χ1v) is 6.61. The zero-order valence-corrected chi connectivity index (χ0v) is 12.2. The Morgan fingerprint density at radius 2 is 1.95 bits per heavy atom. The Bertz CT molecular complexity index is 588. The Hall–Kier alpha value is -2.07. The van der Waals surface area contributed by atoms with Crippen LogP contribution in [0.3, 0.4) is 0 Å². The molecule has 2 aromatic rings. The average Bonchev–Trinajstić information content (AvgIpc) is 2.92. The maximum atomic E-state index is 12.6. The zero-order valence-electron chi connectivity index (χ0n) is 12.2. The first-order chi connectivity index (χ1) is 9.63. The fraction of sp³-hybridized carbons (Fsp3) is 0.312. The summed E-state index contributed by atoms with van der Waals surface area (Å²) in [5.41, 5.74) is 1.29. The van der Waals surface area contributed by atoms with Crippen molar-refractivity contribution in [2.45, 2.75) is 6.54 Å². The van der Waals surface area contributed by atoms with Gasteiger partial charge in [-0.3, -0.25) is 4.79 Å². The molecule has 0 aliphatic heterocycles. The van der Waals surface area contributed by atoms with Crippen molar-refractivity contribution in [2.24, 2.45) is 0 Å². The summed E-state index contributed by atoms with van der Waals surface area (Å²) in [6.45, 7) is 1.68. The zero-order chi connectivity index (χ0) is 14.5. The second-order valence-corrected chi connectivity index (χ2v) is 4.92. The standard InChI is InChI=1S/C16H20N2O2/c1-17(2)11-12-18-10-6-8-14(18)16(19)13-7-4-5-9-15(13)20-3/h4-10H,11-12H2,1-3H3. The molecule has 0 radical (unpaired) electrons. The molecule has 0 aliphatic rings. The van der Waals surface area contributed by atoms with E-state index in [1.165, 1.54) is 0 Å². The number of benzene rings is 1. The van der Waals surface area contributed by atoms with Gasteiger partial charge < -0.3 is 14.2 Å². The molecule has 0 amide bonds. The second-order valence-electron chi connectivity index (χ2n) is 4.92. The van der Waals surface area contributed by atoms with Crippen LogP contribution in [-0.4, -0.2) is 43.0 Å². The fourth-order valence-corrected chi connectivity index (χ4v) is 2.09. The van der Waals surface area contributed by atoms with Crippen molar-refractivity contribution in [3.05, 3.63) is 53.9 Å². The average molecular weight is 272 g/mol. The van der Waals surface area contributed by atoms with Crippen LogP contribution in [0, 0.1) is 0 Å². The number of aromatic nitrogens is 1. The van der Waals surface area contributed by atoms with Gasteiger partial charge in [0.2, 0.25) is 5.78 Å². The second kappa shape index (κ2) is 6.39. The predicted octanol–water partition coefficient (Wildman–Crippen LogP) is 2.29. The molecule has 0 aliphatic carbocycles. The summed E-state index contributed by atoms with van der Waals surface area (Å²) in [5.74, 6) is 0.601. The van der Waals surface area contributed by atoms with Gasteiger partial charge in [0.1, 0.15) is 5.75 Å². The van der Waals surface area contributed by atoms with Gasteiger partial charge in [-0.1, -0.05) is 12.1 Å². The molecular formula is C16H20N2O2. The third-order valence-corrected chi connectivity index (χ3v) is 3.20. The van der Waals surface area contributed by atoms with Crippen molar-refractivity contribution in [1.29, 1.82) is 0 Å². The summed E-state index contributed by atoms with van der Waals surface area (Å²) in [4.78, 5) is 14.7. The van der Waals surface area contributed by atoms with Crippen LogP contribution >= 0.6 is 0 Å². The van der Waals surface area contributed by atoms with Crippen molar-refractivity contribution < 1.29 is 9.53 Å². The van der Waals surface area contributed by atoms with Gasteiger partial charge in [-0.05, 0) is 38.4 Å². The van der Waals surface area contributed by atoms with Crippen LogP contribution in [0.2, 0.25) is 0 Å². The Balaban J connectivity index is 2.27. The molecule has 4 heteroatoms. The maximum Gasteiger partial charge on any atom is 0.213 e. The molecule has 0 fully saturated rings. The van der Waals surface area contributed by atoms with Crippen LogP contribution in [-0.2, 0) is 6.54 Å². The number of ether oxygens (including phenoxy) is 1. The Labute approximate surface area is 119 Å². The lowest BCUT2D eigenvalue weighted by Crippen LogP contribution is -2.20. The first kappa shape index (κ1) is 14.3. The van der Waals surface area contributed by atoms with Crippen LogP contribution in [0.4, 0.5) is 0 Å². The minimum absolute atomic E-state index is 0.00814. The highest BCUT2D eigenvalue weighted by Gasteiger charge is 2.17. The van der Waals surface area contributed by atoms with Gasteiger partial charge in [0, 0.05) is 19.3 Å². The normalized spacial score (nSPS) is 10.8. The Morgan fingerprint density at radius 3 is 2.65 bits per heavy atom. The van der Waals surface area contributed by atoms with Crippen molar-refractivity contribution in [1.82, 2.24) is 9.47 Å². The molecule has 0 spiro atoms. The van der Waals surface area contributed by atoms with Crippen molar-refractivity contribution in [3.63, 3.8) is 0 Å². The number of likely N-dealkylation sites (N-methyl/N-ethyl adjacent to an activating group) is 1.